The molecule has 0 spiro atoms. The van der Waals surface area contributed by atoms with Crippen LogP contribution < -0.4 is 0 Å². The molecule has 1 fully saturated rings. The van der Waals surface area contributed by atoms with E-state index in [1.54, 1.807) is 0 Å². The third-order valence-corrected chi connectivity index (χ3v) is 4.39. The topological polar surface area (TPSA) is 29.5 Å². The molecular weight excluding hydrogens is 274 g/mol. The highest BCUT2D eigenvalue weighted by Crippen LogP contribution is 2.34. The summed E-state index contributed by atoms with van der Waals surface area (Å²) in [5.41, 5.74) is 4.31. The second-order valence-corrected chi connectivity index (χ2v) is 5.81. The van der Waals surface area contributed by atoms with Crippen molar-refractivity contribution >= 4 is 11.5 Å². The van der Waals surface area contributed by atoms with Crippen LogP contribution in [0.15, 0.2) is 47.7 Å². The second kappa shape index (κ2) is 6.82. The maximum Gasteiger partial charge on any atom is 0.334 e. The van der Waals surface area contributed by atoms with Crippen molar-refractivity contribution in [1.29, 1.82) is 0 Å². The van der Waals surface area contributed by atoms with Crippen LogP contribution in [-0.2, 0) is 9.53 Å². The van der Waals surface area contributed by atoms with Crippen LogP contribution in [0.2, 0.25) is 0 Å². The number of benzene rings is 1. The number of hydrogen-bond acceptors (Lipinski definition) is 3. The molecule has 1 saturated heterocycles. The van der Waals surface area contributed by atoms with Gasteiger partial charge in [0.1, 0.15) is 0 Å². The van der Waals surface area contributed by atoms with Gasteiger partial charge in [-0.2, -0.15) is 0 Å². The van der Waals surface area contributed by atoms with Gasteiger partial charge < -0.3 is 9.64 Å². The van der Waals surface area contributed by atoms with Crippen molar-refractivity contribution in [1.82, 2.24) is 4.90 Å². The van der Waals surface area contributed by atoms with Crippen molar-refractivity contribution in [2.45, 2.75) is 32.6 Å². The fourth-order valence-electron chi connectivity index (χ4n) is 3.27. The van der Waals surface area contributed by atoms with E-state index >= 15 is 0 Å². The molecule has 3 heteroatoms. The zero-order valence-corrected chi connectivity index (χ0v) is 13.2. The van der Waals surface area contributed by atoms with Gasteiger partial charge in [-0.3, -0.25) is 0 Å². The molecule has 0 bridgehead atoms. The number of hydrogen-bond donors (Lipinski definition) is 0. The first kappa shape index (κ1) is 14.9. The van der Waals surface area contributed by atoms with E-state index < -0.39 is 0 Å². The predicted octanol–water partition coefficient (Wildman–Crippen LogP) is 3.78. The van der Waals surface area contributed by atoms with Gasteiger partial charge in [0.25, 0.3) is 0 Å². The van der Waals surface area contributed by atoms with Crippen LogP contribution in [0.25, 0.3) is 5.57 Å². The molecule has 1 aromatic carbocycles. The van der Waals surface area contributed by atoms with Crippen LogP contribution in [0.4, 0.5) is 0 Å². The summed E-state index contributed by atoms with van der Waals surface area (Å²) in [6.07, 6.45) is 6.45. The average molecular weight is 297 g/mol. The molecule has 0 saturated carbocycles. The first-order valence-corrected chi connectivity index (χ1v) is 8.21. The molecule has 1 aliphatic heterocycles. The summed E-state index contributed by atoms with van der Waals surface area (Å²) in [5, 5.41) is 0. The monoisotopic (exact) mass is 297 g/mol. The van der Waals surface area contributed by atoms with Crippen LogP contribution in [0.1, 0.15) is 38.2 Å². The molecule has 22 heavy (non-hydrogen) atoms. The van der Waals surface area contributed by atoms with E-state index in [9.17, 15) is 4.79 Å². The molecule has 0 aromatic heterocycles. The van der Waals surface area contributed by atoms with Crippen LogP contribution in [0, 0.1) is 0 Å². The number of ether oxygens (including phenoxy) is 1. The summed E-state index contributed by atoms with van der Waals surface area (Å²) in [7, 11) is 0. The summed E-state index contributed by atoms with van der Waals surface area (Å²) in [6.45, 7) is 4.56. The molecule has 1 heterocycles. The van der Waals surface area contributed by atoms with Crippen molar-refractivity contribution in [2.75, 3.05) is 19.7 Å². The number of rotatable bonds is 4. The van der Waals surface area contributed by atoms with E-state index in [0.717, 1.165) is 42.6 Å². The SMILES string of the molecule is CCOC(=O)C1=C(c2ccccc2)C=C(N2CCCC2)CC1. The molecule has 3 rings (SSSR count). The smallest absolute Gasteiger partial charge is 0.334 e. The summed E-state index contributed by atoms with van der Waals surface area (Å²) >= 11 is 0. The minimum absolute atomic E-state index is 0.168. The highest BCUT2D eigenvalue weighted by molar-refractivity contribution is 6.00. The lowest BCUT2D eigenvalue weighted by Crippen LogP contribution is -2.22. The van der Waals surface area contributed by atoms with Gasteiger partial charge in [-0.15, -0.1) is 0 Å². The lowest BCUT2D eigenvalue weighted by atomic mass is 9.90. The van der Waals surface area contributed by atoms with Crippen LogP contribution in [0.3, 0.4) is 0 Å². The molecule has 0 amide bonds. The zero-order chi connectivity index (χ0) is 15.4. The van der Waals surface area contributed by atoms with Gasteiger partial charge in [0.05, 0.1) is 6.61 Å². The normalized spacial score (nSPS) is 18.4. The number of carbonyl (C=O) groups excluding carboxylic acids is 1. The largest absolute Gasteiger partial charge is 0.463 e. The van der Waals surface area contributed by atoms with Gasteiger partial charge in [-0.05, 0) is 49.8 Å². The van der Waals surface area contributed by atoms with E-state index in [4.69, 9.17) is 4.74 Å². The lowest BCUT2D eigenvalue weighted by molar-refractivity contribution is -0.138. The Balaban J connectivity index is 1.98. The minimum Gasteiger partial charge on any atom is -0.463 e. The first-order valence-electron chi connectivity index (χ1n) is 8.21. The van der Waals surface area contributed by atoms with Gasteiger partial charge in [-0.1, -0.05) is 30.3 Å². The average Bonchev–Trinajstić information content (AvgIpc) is 3.10. The molecule has 0 atom stereocenters. The van der Waals surface area contributed by atoms with E-state index in [1.807, 2.05) is 25.1 Å². The van der Waals surface area contributed by atoms with Gasteiger partial charge in [0.2, 0.25) is 0 Å². The molecule has 0 unspecified atom stereocenters. The highest BCUT2D eigenvalue weighted by atomic mass is 16.5. The Labute approximate surface area is 132 Å². The zero-order valence-electron chi connectivity index (χ0n) is 13.2. The molecule has 0 N–H and O–H groups in total. The number of esters is 1. The Bertz CT molecular complexity index is 595. The molecular formula is C19H23NO2. The molecule has 3 nitrogen and oxygen atoms in total. The molecule has 116 valence electrons. The Hall–Kier alpha value is -2.03. The number of carbonyl (C=O) groups is 1. The van der Waals surface area contributed by atoms with Crippen molar-refractivity contribution in [3.63, 3.8) is 0 Å². The summed E-state index contributed by atoms with van der Waals surface area (Å²) in [6, 6.07) is 10.2. The maximum atomic E-state index is 12.3. The maximum absolute atomic E-state index is 12.3. The van der Waals surface area contributed by atoms with Crippen molar-refractivity contribution < 1.29 is 9.53 Å². The lowest BCUT2D eigenvalue weighted by Gasteiger charge is -2.27. The van der Waals surface area contributed by atoms with Crippen LogP contribution >= 0.6 is 0 Å². The molecule has 1 aliphatic carbocycles. The van der Waals surface area contributed by atoms with Gasteiger partial charge in [-0.25, -0.2) is 4.79 Å². The van der Waals surface area contributed by atoms with Crippen LogP contribution in [0.5, 0.6) is 0 Å². The third-order valence-electron chi connectivity index (χ3n) is 4.39. The fraction of sp³-hybridized carbons (Fsp3) is 0.421. The van der Waals surface area contributed by atoms with E-state index in [0.29, 0.717) is 6.61 Å². The summed E-state index contributed by atoms with van der Waals surface area (Å²) in [5.74, 6) is -0.168. The number of likely N-dealkylation sites (tertiary alicyclic amines) is 1. The fourth-order valence-corrected chi connectivity index (χ4v) is 3.27. The summed E-state index contributed by atoms with van der Waals surface area (Å²) < 4.78 is 5.25. The van der Waals surface area contributed by atoms with Crippen LogP contribution in [-0.4, -0.2) is 30.6 Å². The standard InChI is InChI=1S/C19H23NO2/c1-2-22-19(21)17-11-10-16(20-12-6-7-13-20)14-18(17)15-8-4-3-5-9-15/h3-5,8-9,14H,2,6-7,10-13H2,1H3. The quantitative estimate of drug-likeness (QED) is 0.792. The molecule has 2 aliphatic rings. The Morgan fingerprint density at radius 3 is 2.55 bits per heavy atom. The van der Waals surface area contributed by atoms with E-state index in [2.05, 4.69) is 23.1 Å². The molecule has 0 radical (unpaired) electrons. The summed E-state index contributed by atoms with van der Waals surface area (Å²) in [4.78, 5) is 14.8. The Morgan fingerprint density at radius 1 is 1.14 bits per heavy atom. The van der Waals surface area contributed by atoms with Gasteiger partial charge >= 0.3 is 5.97 Å². The second-order valence-electron chi connectivity index (χ2n) is 5.81. The number of nitrogens with zero attached hydrogens (tertiary/aromatic N) is 1. The third kappa shape index (κ3) is 3.08. The Kier molecular flexibility index (Phi) is 4.62. The minimum atomic E-state index is -0.168. The van der Waals surface area contributed by atoms with Gasteiger partial charge in [0, 0.05) is 24.4 Å². The van der Waals surface area contributed by atoms with Gasteiger partial charge in [0.15, 0.2) is 0 Å². The van der Waals surface area contributed by atoms with Crippen molar-refractivity contribution in [2.24, 2.45) is 0 Å². The molecule has 1 aromatic rings. The first-order chi connectivity index (χ1) is 10.8. The predicted molar refractivity (Wildman–Crippen MR) is 88.1 cm³/mol. The van der Waals surface area contributed by atoms with E-state index in [-0.39, 0.29) is 5.97 Å². The van der Waals surface area contributed by atoms with E-state index in [1.165, 1.54) is 18.5 Å². The highest BCUT2D eigenvalue weighted by Gasteiger charge is 2.24. The number of allylic oxidation sites excluding steroid dienone is 3. The Morgan fingerprint density at radius 2 is 1.86 bits per heavy atom. The van der Waals surface area contributed by atoms with Crippen molar-refractivity contribution in [3.8, 4) is 0 Å². The van der Waals surface area contributed by atoms with Crippen molar-refractivity contribution in [3.05, 3.63) is 53.2 Å².